The number of halogens is 1. The number of carbonyl (C=O) groups excluding carboxylic acids is 1. The van der Waals surface area contributed by atoms with Crippen LogP contribution in [-0.4, -0.2) is 46.9 Å². The van der Waals surface area contributed by atoms with Gasteiger partial charge in [0.1, 0.15) is 5.75 Å². The van der Waals surface area contributed by atoms with Crippen molar-refractivity contribution in [2.24, 2.45) is 0 Å². The Morgan fingerprint density at radius 3 is 2.29 bits per heavy atom. The van der Waals surface area contributed by atoms with Crippen LogP contribution in [0.4, 0.5) is 5.69 Å². The molecule has 152 valence electrons. The molecule has 0 spiro atoms. The number of amides is 1. The van der Waals surface area contributed by atoms with Crippen LogP contribution in [0.3, 0.4) is 0 Å². The quantitative estimate of drug-likeness (QED) is 0.670. The number of anilines is 1. The van der Waals surface area contributed by atoms with Crippen molar-refractivity contribution in [3.63, 3.8) is 0 Å². The molecular weight excluding hydrogens is 380 g/mol. The number of hydrogen-bond acceptors (Lipinski definition) is 4. The summed E-state index contributed by atoms with van der Waals surface area (Å²) in [6, 6.07) is 10.8. The van der Waals surface area contributed by atoms with Crippen LogP contribution in [0.2, 0.25) is 5.02 Å². The maximum absolute atomic E-state index is 12.6. The minimum absolute atomic E-state index is 0.0638. The van der Waals surface area contributed by atoms with Gasteiger partial charge in [-0.1, -0.05) is 17.7 Å². The van der Waals surface area contributed by atoms with Gasteiger partial charge >= 0.3 is 0 Å². The Hall–Kier alpha value is -2.44. The number of ether oxygens (including phenoxy) is 3. The smallest absolute Gasteiger partial charge is 0.282 e. The fourth-order valence-corrected chi connectivity index (χ4v) is 3.07. The molecular formula is C21H28ClN2O4+. The van der Waals surface area contributed by atoms with Crippen LogP contribution in [0.25, 0.3) is 0 Å². The van der Waals surface area contributed by atoms with Crippen LogP contribution in [0, 0.1) is 0 Å². The molecule has 0 fully saturated rings. The first-order valence-electron chi connectivity index (χ1n) is 9.07. The summed E-state index contributed by atoms with van der Waals surface area (Å²) in [6.45, 7) is 2.71. The van der Waals surface area contributed by atoms with Gasteiger partial charge in [0.05, 0.1) is 39.9 Å². The lowest BCUT2D eigenvalue weighted by atomic mass is 10.1. The van der Waals surface area contributed by atoms with E-state index in [-0.39, 0.29) is 11.9 Å². The monoisotopic (exact) mass is 407 g/mol. The lowest BCUT2D eigenvalue weighted by molar-refractivity contribution is -0.893. The average Bonchev–Trinajstić information content (AvgIpc) is 2.71. The number of methoxy groups -OCH3 is 3. The Kier molecular flexibility index (Phi) is 7.96. The molecule has 2 N–H and O–H groups in total. The van der Waals surface area contributed by atoms with E-state index in [9.17, 15) is 4.79 Å². The molecule has 0 radical (unpaired) electrons. The number of carbonyl (C=O) groups is 1. The Morgan fingerprint density at radius 2 is 1.68 bits per heavy atom. The van der Waals surface area contributed by atoms with Crippen molar-refractivity contribution < 1.29 is 23.9 Å². The van der Waals surface area contributed by atoms with Crippen LogP contribution < -0.4 is 24.4 Å². The fraction of sp³-hybridized carbons (Fsp3) is 0.381. The summed E-state index contributed by atoms with van der Waals surface area (Å²) in [6.07, 6.45) is 0.818. The molecule has 2 rings (SSSR count). The number of quaternary nitrogens is 1. The summed E-state index contributed by atoms with van der Waals surface area (Å²) in [4.78, 5) is 13.7. The predicted molar refractivity (Wildman–Crippen MR) is 111 cm³/mol. The van der Waals surface area contributed by atoms with Gasteiger partial charge < -0.3 is 24.4 Å². The van der Waals surface area contributed by atoms with E-state index in [1.54, 1.807) is 39.5 Å². The van der Waals surface area contributed by atoms with E-state index in [0.29, 0.717) is 28.0 Å². The van der Waals surface area contributed by atoms with Crippen molar-refractivity contribution >= 4 is 23.2 Å². The van der Waals surface area contributed by atoms with Gasteiger partial charge in [-0.25, -0.2) is 0 Å². The minimum Gasteiger partial charge on any atom is -0.495 e. The standard InChI is InChI=1S/C21H27ClN2O4/c1-14(21(25)23-16-7-9-18(26-3)17(22)13-16)24(2)11-10-15-6-8-19(27-4)20(12-15)28-5/h6-9,12-14H,10-11H2,1-5H3,(H,23,25)/p+1/t14-/m1/s1. The molecule has 0 bridgehead atoms. The van der Waals surface area contributed by atoms with Crippen molar-refractivity contribution in [1.82, 2.24) is 0 Å². The Labute approximate surface area is 171 Å². The van der Waals surface area contributed by atoms with Crippen LogP contribution in [-0.2, 0) is 11.2 Å². The van der Waals surface area contributed by atoms with Gasteiger partial charge in [0, 0.05) is 12.1 Å². The van der Waals surface area contributed by atoms with E-state index < -0.39 is 0 Å². The van der Waals surface area contributed by atoms with Crippen LogP contribution in [0.1, 0.15) is 12.5 Å². The maximum atomic E-state index is 12.6. The highest BCUT2D eigenvalue weighted by molar-refractivity contribution is 6.32. The minimum atomic E-state index is -0.221. The molecule has 2 atom stereocenters. The van der Waals surface area contributed by atoms with Gasteiger partial charge in [0.15, 0.2) is 17.5 Å². The van der Waals surface area contributed by atoms with Crippen molar-refractivity contribution in [2.75, 3.05) is 40.2 Å². The zero-order valence-corrected chi connectivity index (χ0v) is 17.7. The van der Waals surface area contributed by atoms with E-state index in [4.69, 9.17) is 25.8 Å². The second-order valence-electron chi connectivity index (χ2n) is 6.60. The third-order valence-electron chi connectivity index (χ3n) is 4.81. The first kappa shape index (κ1) is 21.9. The molecule has 0 aliphatic rings. The van der Waals surface area contributed by atoms with Gasteiger partial charge in [-0.05, 0) is 42.8 Å². The highest BCUT2D eigenvalue weighted by Gasteiger charge is 2.22. The summed E-state index contributed by atoms with van der Waals surface area (Å²) in [5.74, 6) is 1.93. The molecule has 0 aliphatic carbocycles. The normalized spacial score (nSPS) is 12.8. The van der Waals surface area contributed by atoms with Crippen LogP contribution >= 0.6 is 11.6 Å². The van der Waals surface area contributed by atoms with E-state index in [0.717, 1.165) is 23.4 Å². The first-order chi connectivity index (χ1) is 13.4. The number of rotatable bonds is 9. The van der Waals surface area contributed by atoms with Crippen LogP contribution in [0.5, 0.6) is 17.2 Å². The van der Waals surface area contributed by atoms with Gasteiger partial charge in [-0.2, -0.15) is 0 Å². The summed E-state index contributed by atoms with van der Waals surface area (Å²) in [5.41, 5.74) is 1.78. The van der Waals surface area contributed by atoms with Gasteiger partial charge in [-0.15, -0.1) is 0 Å². The van der Waals surface area contributed by atoms with Gasteiger partial charge in [-0.3, -0.25) is 4.79 Å². The van der Waals surface area contributed by atoms with Gasteiger partial charge in [0.2, 0.25) is 0 Å². The Bertz CT molecular complexity index is 813. The second-order valence-corrected chi connectivity index (χ2v) is 7.00. The number of likely N-dealkylation sites (N-methyl/N-ethyl adjacent to an activating group) is 1. The fourth-order valence-electron chi connectivity index (χ4n) is 2.81. The third-order valence-corrected chi connectivity index (χ3v) is 5.10. The highest BCUT2D eigenvalue weighted by Crippen LogP contribution is 2.28. The second kappa shape index (κ2) is 10.2. The molecule has 0 saturated carbocycles. The van der Waals surface area contributed by atoms with E-state index in [1.807, 2.05) is 32.2 Å². The predicted octanol–water partition coefficient (Wildman–Crippen LogP) is 2.45. The SMILES string of the molecule is COc1ccc(NC(=O)[C@@H](C)[NH+](C)CCc2ccc(OC)c(OC)c2)cc1Cl. The number of benzene rings is 2. The van der Waals surface area contributed by atoms with Crippen molar-refractivity contribution in [3.8, 4) is 17.2 Å². The summed E-state index contributed by atoms with van der Waals surface area (Å²) in [5, 5.41) is 3.37. The molecule has 2 aromatic rings. The summed E-state index contributed by atoms with van der Waals surface area (Å²) >= 11 is 6.12. The number of hydrogen-bond donors (Lipinski definition) is 2. The molecule has 2 aromatic carbocycles. The molecule has 7 heteroatoms. The molecule has 28 heavy (non-hydrogen) atoms. The molecule has 1 unspecified atom stereocenters. The lowest BCUT2D eigenvalue weighted by Gasteiger charge is -2.21. The largest absolute Gasteiger partial charge is 0.495 e. The summed E-state index contributed by atoms with van der Waals surface area (Å²) in [7, 11) is 6.80. The van der Waals surface area contributed by atoms with E-state index in [1.165, 1.54) is 0 Å². The van der Waals surface area contributed by atoms with Crippen molar-refractivity contribution in [1.29, 1.82) is 0 Å². The van der Waals surface area contributed by atoms with E-state index >= 15 is 0 Å². The topological polar surface area (TPSA) is 61.2 Å². The lowest BCUT2D eigenvalue weighted by Crippen LogP contribution is -3.14. The molecule has 0 saturated heterocycles. The molecule has 0 aromatic heterocycles. The van der Waals surface area contributed by atoms with Crippen molar-refractivity contribution in [3.05, 3.63) is 47.0 Å². The zero-order valence-electron chi connectivity index (χ0n) is 17.0. The molecule has 0 aliphatic heterocycles. The van der Waals surface area contributed by atoms with Crippen molar-refractivity contribution in [2.45, 2.75) is 19.4 Å². The maximum Gasteiger partial charge on any atom is 0.282 e. The Morgan fingerprint density at radius 1 is 1.04 bits per heavy atom. The first-order valence-corrected chi connectivity index (χ1v) is 9.45. The third kappa shape index (κ3) is 5.53. The molecule has 6 nitrogen and oxygen atoms in total. The highest BCUT2D eigenvalue weighted by atomic mass is 35.5. The molecule has 0 heterocycles. The van der Waals surface area contributed by atoms with Crippen LogP contribution in [0.15, 0.2) is 36.4 Å². The Balaban J connectivity index is 1.93. The zero-order chi connectivity index (χ0) is 20.7. The number of nitrogens with one attached hydrogen (secondary N) is 2. The van der Waals surface area contributed by atoms with E-state index in [2.05, 4.69) is 5.32 Å². The summed E-state index contributed by atoms with van der Waals surface area (Å²) < 4.78 is 15.7. The van der Waals surface area contributed by atoms with Gasteiger partial charge in [0.25, 0.3) is 5.91 Å². The molecule has 1 amide bonds. The average molecular weight is 408 g/mol.